The van der Waals surface area contributed by atoms with Crippen molar-refractivity contribution in [3.8, 4) is 0 Å². The summed E-state index contributed by atoms with van der Waals surface area (Å²) in [5, 5.41) is 17.0. The molecule has 10 N–H and O–H groups in total. The lowest BCUT2D eigenvalue weighted by atomic mass is 10.0. The van der Waals surface area contributed by atoms with E-state index in [9.17, 15) is 29.1 Å². The fraction of sp³-hybridized carbons (Fsp3) is 0.773. The SMILES string of the molecule is CSCCC(NC(=O)C(N)CC(C)C)C(=O)NC(CCC(N)=O)C(=O)NC(CCCCN)C(=O)O. The van der Waals surface area contributed by atoms with E-state index in [1.54, 1.807) is 0 Å². The molecule has 0 aliphatic heterocycles. The Labute approximate surface area is 211 Å². The third-order valence-electron chi connectivity index (χ3n) is 5.18. The lowest BCUT2D eigenvalue weighted by molar-refractivity contribution is -0.142. The summed E-state index contributed by atoms with van der Waals surface area (Å²) in [5.74, 6) is -3.04. The molecule has 202 valence electrons. The van der Waals surface area contributed by atoms with E-state index in [2.05, 4.69) is 16.0 Å². The number of carbonyl (C=O) groups excluding carboxylic acids is 4. The van der Waals surface area contributed by atoms with Crippen molar-refractivity contribution >= 4 is 41.4 Å². The maximum atomic E-state index is 13.0. The fourth-order valence-corrected chi connectivity index (χ4v) is 3.72. The van der Waals surface area contributed by atoms with E-state index in [1.165, 1.54) is 11.8 Å². The largest absolute Gasteiger partial charge is 0.480 e. The van der Waals surface area contributed by atoms with Crippen LogP contribution in [0.2, 0.25) is 0 Å². The number of rotatable bonds is 19. The molecule has 4 unspecified atom stereocenters. The number of hydrogen-bond donors (Lipinski definition) is 7. The van der Waals surface area contributed by atoms with Crippen LogP contribution in [0.25, 0.3) is 0 Å². The number of carboxylic acids is 1. The second-order valence-electron chi connectivity index (χ2n) is 8.83. The molecule has 0 spiro atoms. The van der Waals surface area contributed by atoms with Gasteiger partial charge in [0.1, 0.15) is 18.1 Å². The van der Waals surface area contributed by atoms with E-state index in [0.29, 0.717) is 31.6 Å². The Bertz CT molecular complexity index is 708. The van der Waals surface area contributed by atoms with E-state index in [0.717, 1.165) is 0 Å². The first-order valence-corrected chi connectivity index (χ1v) is 13.2. The minimum absolute atomic E-state index is 0.127. The van der Waals surface area contributed by atoms with Crippen LogP contribution in [0.1, 0.15) is 58.8 Å². The maximum absolute atomic E-state index is 13.0. The molecule has 0 heterocycles. The zero-order valence-electron chi connectivity index (χ0n) is 20.9. The van der Waals surface area contributed by atoms with Gasteiger partial charge >= 0.3 is 5.97 Å². The molecule has 0 aliphatic rings. The van der Waals surface area contributed by atoms with Gasteiger partial charge in [-0.2, -0.15) is 11.8 Å². The van der Waals surface area contributed by atoms with E-state index in [1.807, 2.05) is 20.1 Å². The number of thioether (sulfide) groups is 1. The number of hydrogen-bond acceptors (Lipinski definition) is 8. The summed E-state index contributed by atoms with van der Waals surface area (Å²) >= 11 is 1.48. The van der Waals surface area contributed by atoms with E-state index in [4.69, 9.17) is 17.2 Å². The van der Waals surface area contributed by atoms with Crippen molar-refractivity contribution in [3.63, 3.8) is 0 Å². The monoisotopic (exact) mass is 518 g/mol. The first kappa shape index (κ1) is 32.6. The van der Waals surface area contributed by atoms with Crippen molar-refractivity contribution in [2.75, 3.05) is 18.6 Å². The van der Waals surface area contributed by atoms with Crippen LogP contribution < -0.4 is 33.2 Å². The molecule has 0 bridgehead atoms. The van der Waals surface area contributed by atoms with Crippen LogP contribution in [-0.2, 0) is 24.0 Å². The highest BCUT2D eigenvalue weighted by atomic mass is 32.2. The van der Waals surface area contributed by atoms with Crippen LogP contribution in [0.15, 0.2) is 0 Å². The first-order valence-electron chi connectivity index (χ1n) is 11.8. The third-order valence-corrected chi connectivity index (χ3v) is 5.82. The number of amides is 4. The number of nitrogens with two attached hydrogens (primary N) is 3. The van der Waals surface area contributed by atoms with Gasteiger partial charge in [0.2, 0.25) is 23.6 Å². The fourth-order valence-electron chi connectivity index (χ4n) is 3.25. The zero-order valence-corrected chi connectivity index (χ0v) is 21.7. The minimum Gasteiger partial charge on any atom is -0.480 e. The number of primary amides is 1. The van der Waals surface area contributed by atoms with E-state index >= 15 is 0 Å². The number of aliphatic carboxylic acids is 1. The second kappa shape index (κ2) is 18.0. The highest BCUT2D eigenvalue weighted by Crippen LogP contribution is 2.08. The molecule has 0 saturated heterocycles. The Balaban J connectivity index is 5.48. The molecule has 0 aromatic carbocycles. The van der Waals surface area contributed by atoms with Crippen molar-refractivity contribution in [3.05, 3.63) is 0 Å². The molecule has 12 nitrogen and oxygen atoms in total. The summed E-state index contributed by atoms with van der Waals surface area (Å²) in [6.45, 7) is 4.24. The van der Waals surface area contributed by atoms with Gasteiger partial charge in [-0.1, -0.05) is 13.8 Å². The van der Waals surface area contributed by atoms with E-state index < -0.39 is 53.8 Å². The topological polar surface area (TPSA) is 220 Å². The van der Waals surface area contributed by atoms with Crippen molar-refractivity contribution < 1.29 is 29.1 Å². The molecule has 4 atom stereocenters. The smallest absolute Gasteiger partial charge is 0.326 e. The summed E-state index contributed by atoms with van der Waals surface area (Å²) in [5.41, 5.74) is 16.6. The first-order chi connectivity index (χ1) is 16.4. The van der Waals surface area contributed by atoms with Gasteiger partial charge in [-0.3, -0.25) is 19.2 Å². The quantitative estimate of drug-likeness (QED) is 0.105. The second-order valence-corrected chi connectivity index (χ2v) is 9.81. The molecular formula is C22H42N6O6S. The summed E-state index contributed by atoms with van der Waals surface area (Å²) in [6.07, 6.45) is 3.49. The Morgan fingerprint density at radius 3 is 1.89 bits per heavy atom. The van der Waals surface area contributed by atoms with Crippen LogP contribution in [0, 0.1) is 5.92 Å². The molecule has 0 radical (unpaired) electrons. The molecule has 0 aliphatic carbocycles. The van der Waals surface area contributed by atoms with Crippen LogP contribution in [-0.4, -0.2) is 77.4 Å². The van der Waals surface area contributed by atoms with Crippen molar-refractivity contribution in [2.45, 2.75) is 83.0 Å². The van der Waals surface area contributed by atoms with Crippen molar-refractivity contribution in [2.24, 2.45) is 23.1 Å². The van der Waals surface area contributed by atoms with Gasteiger partial charge in [-0.25, -0.2) is 4.79 Å². The molecule has 0 fully saturated rings. The van der Waals surface area contributed by atoms with Crippen LogP contribution in [0.3, 0.4) is 0 Å². The summed E-state index contributed by atoms with van der Waals surface area (Å²) in [4.78, 5) is 61.2. The van der Waals surface area contributed by atoms with E-state index in [-0.39, 0.29) is 31.6 Å². The predicted octanol–water partition coefficient (Wildman–Crippen LogP) is -0.954. The molecule has 35 heavy (non-hydrogen) atoms. The lowest BCUT2D eigenvalue weighted by Gasteiger charge is -2.25. The normalized spacial score (nSPS) is 14.5. The minimum atomic E-state index is -1.22. The Morgan fingerprint density at radius 1 is 0.857 bits per heavy atom. The van der Waals surface area contributed by atoms with Gasteiger partial charge in [-0.05, 0) is 63.0 Å². The maximum Gasteiger partial charge on any atom is 0.326 e. The molecule has 0 rings (SSSR count). The predicted molar refractivity (Wildman–Crippen MR) is 135 cm³/mol. The van der Waals surface area contributed by atoms with Crippen molar-refractivity contribution in [1.29, 1.82) is 0 Å². The molecule has 0 aromatic heterocycles. The Hall–Kier alpha value is -2.38. The number of unbranched alkanes of at least 4 members (excludes halogenated alkanes) is 1. The summed E-state index contributed by atoms with van der Waals surface area (Å²) in [7, 11) is 0. The van der Waals surface area contributed by atoms with Crippen LogP contribution >= 0.6 is 11.8 Å². The average molecular weight is 519 g/mol. The standard InChI is InChI=1S/C22H42N6O6S/c1-13(2)12-14(24)19(30)26-16(9-11-35-3)21(32)27-15(7-8-18(25)29)20(31)28-17(22(33)34)6-4-5-10-23/h13-17H,4-12,23-24H2,1-3H3,(H2,25,29)(H,26,30)(H,27,32)(H,28,31)(H,33,34). The van der Waals surface area contributed by atoms with Gasteiger partial charge in [-0.15, -0.1) is 0 Å². The van der Waals surface area contributed by atoms with Crippen LogP contribution in [0.4, 0.5) is 0 Å². The molecule has 0 saturated carbocycles. The van der Waals surface area contributed by atoms with Gasteiger partial charge in [0, 0.05) is 6.42 Å². The average Bonchev–Trinajstić information content (AvgIpc) is 2.77. The molecule has 13 heteroatoms. The van der Waals surface area contributed by atoms with Gasteiger partial charge in [0.05, 0.1) is 6.04 Å². The Kier molecular flexibility index (Phi) is 16.7. The Morgan fingerprint density at radius 2 is 1.40 bits per heavy atom. The third kappa shape index (κ3) is 14.6. The molecular weight excluding hydrogens is 476 g/mol. The lowest BCUT2D eigenvalue weighted by Crippen LogP contribution is -2.57. The zero-order chi connectivity index (χ0) is 27.0. The number of carboxylic acid groups (broad SMARTS) is 1. The summed E-state index contributed by atoms with van der Waals surface area (Å²) in [6, 6.07) is -4.15. The molecule has 0 aromatic rings. The van der Waals surface area contributed by atoms with Gasteiger partial charge in [0.25, 0.3) is 0 Å². The highest BCUT2D eigenvalue weighted by molar-refractivity contribution is 7.98. The van der Waals surface area contributed by atoms with Crippen LogP contribution in [0.5, 0.6) is 0 Å². The summed E-state index contributed by atoms with van der Waals surface area (Å²) < 4.78 is 0. The van der Waals surface area contributed by atoms with Crippen molar-refractivity contribution in [1.82, 2.24) is 16.0 Å². The van der Waals surface area contributed by atoms with Gasteiger partial charge < -0.3 is 38.3 Å². The van der Waals surface area contributed by atoms with Gasteiger partial charge in [0.15, 0.2) is 0 Å². The highest BCUT2D eigenvalue weighted by Gasteiger charge is 2.30. The number of carbonyl (C=O) groups is 5. The number of nitrogens with one attached hydrogen (secondary N) is 3. The molecule has 4 amide bonds.